The number of nitrogens with zero attached hydrogens (tertiary/aromatic N) is 3. The maximum atomic E-state index is 9.00. The molecule has 4 N–H and O–H groups in total. The van der Waals surface area contributed by atoms with Gasteiger partial charge in [0, 0.05) is 45.2 Å². The van der Waals surface area contributed by atoms with Crippen molar-refractivity contribution in [3.63, 3.8) is 0 Å². The van der Waals surface area contributed by atoms with Crippen LogP contribution in [0.3, 0.4) is 0 Å². The Balaban J connectivity index is 0.000000535. The first-order valence-corrected chi connectivity index (χ1v) is 11.0. The summed E-state index contributed by atoms with van der Waals surface area (Å²) in [5.41, 5.74) is 10.3. The van der Waals surface area contributed by atoms with Gasteiger partial charge in [-0.25, -0.2) is 4.98 Å². The molecular weight excluding hydrogens is 430 g/mol. The fourth-order valence-corrected chi connectivity index (χ4v) is 5.02. The minimum Gasteiger partial charge on any atom is -0.481 e. The van der Waals surface area contributed by atoms with Crippen LogP contribution in [0.15, 0.2) is 59.0 Å². The largest absolute Gasteiger partial charge is 0.481 e. The minimum atomic E-state index is -0.833. The summed E-state index contributed by atoms with van der Waals surface area (Å²) < 4.78 is 0. The quantitative estimate of drug-likeness (QED) is 0.390. The van der Waals surface area contributed by atoms with E-state index in [1.807, 2.05) is 17.6 Å². The number of aliphatic carboxylic acids is 1. The maximum Gasteiger partial charge on any atom is 0.300 e. The lowest BCUT2D eigenvalue weighted by Crippen LogP contribution is -2.00. The lowest BCUT2D eigenvalue weighted by atomic mass is 10.0. The number of aromatic nitrogens is 2. The predicted molar refractivity (Wildman–Crippen MR) is 127 cm³/mol. The summed E-state index contributed by atoms with van der Waals surface area (Å²) in [4.78, 5) is 25.5. The van der Waals surface area contributed by atoms with Gasteiger partial charge in [0.1, 0.15) is 5.82 Å². The zero-order chi connectivity index (χ0) is 21.8. The third-order valence-electron chi connectivity index (χ3n) is 4.35. The van der Waals surface area contributed by atoms with E-state index < -0.39 is 5.97 Å². The number of carboxylic acid groups (broad SMARTS) is 1. The van der Waals surface area contributed by atoms with Gasteiger partial charge in [0.15, 0.2) is 0 Å². The summed E-state index contributed by atoms with van der Waals surface area (Å²) in [6.45, 7) is 1.80. The van der Waals surface area contributed by atoms with Crippen LogP contribution < -0.4 is 11.1 Å². The van der Waals surface area contributed by atoms with Gasteiger partial charge in [-0.3, -0.25) is 9.79 Å². The summed E-state index contributed by atoms with van der Waals surface area (Å²) in [6, 6.07) is 14.7. The molecule has 0 unspecified atom stereocenters. The number of hydrogen-bond acceptors (Lipinski definition) is 8. The number of nitrogen functional groups attached to an aromatic ring is 1. The Morgan fingerprint density at radius 2 is 1.97 bits per heavy atom. The van der Waals surface area contributed by atoms with Crippen LogP contribution in [0.2, 0.25) is 0 Å². The van der Waals surface area contributed by atoms with Crippen LogP contribution >= 0.6 is 22.7 Å². The summed E-state index contributed by atoms with van der Waals surface area (Å²) in [7, 11) is 0. The molecule has 31 heavy (non-hydrogen) atoms. The van der Waals surface area contributed by atoms with Crippen molar-refractivity contribution in [3.8, 4) is 20.2 Å². The molecule has 0 radical (unpaired) electrons. The molecule has 156 valence electrons. The summed E-state index contributed by atoms with van der Waals surface area (Å²) in [6.07, 6.45) is 3.58. The lowest BCUT2D eigenvalue weighted by molar-refractivity contribution is -0.134. The van der Waals surface area contributed by atoms with Crippen molar-refractivity contribution < 1.29 is 9.90 Å². The molecule has 0 saturated carbocycles. The number of carboxylic acids is 1. The number of aliphatic imine (C=N–C) groups is 1. The highest BCUT2D eigenvalue weighted by molar-refractivity contribution is 7.23. The first-order chi connectivity index (χ1) is 15.0. The summed E-state index contributed by atoms with van der Waals surface area (Å²) in [5, 5.41) is 12.9. The van der Waals surface area contributed by atoms with Gasteiger partial charge in [0.05, 0.1) is 6.54 Å². The maximum absolute atomic E-state index is 9.00. The number of carbonyl (C=O) groups is 1. The first-order valence-electron chi connectivity index (χ1n) is 9.35. The van der Waals surface area contributed by atoms with Gasteiger partial charge in [-0.2, -0.15) is 4.98 Å². The number of anilines is 3. The highest BCUT2D eigenvalue weighted by Crippen LogP contribution is 2.40. The molecule has 1 aliphatic heterocycles. The van der Waals surface area contributed by atoms with Crippen molar-refractivity contribution in [2.75, 3.05) is 11.1 Å². The van der Waals surface area contributed by atoms with E-state index >= 15 is 0 Å². The average molecular weight is 450 g/mol. The number of fused-ring (bicyclic) bond motifs is 1. The lowest BCUT2D eigenvalue weighted by Gasteiger charge is -2.12. The van der Waals surface area contributed by atoms with Crippen LogP contribution in [0.25, 0.3) is 20.2 Å². The molecule has 1 aromatic carbocycles. The monoisotopic (exact) mass is 449 g/mol. The van der Waals surface area contributed by atoms with Gasteiger partial charge in [-0.05, 0) is 52.9 Å². The molecule has 0 spiro atoms. The number of hydrogen-bond donors (Lipinski definition) is 3. The topological polar surface area (TPSA) is 113 Å². The number of thiophene rings is 2. The zero-order valence-electron chi connectivity index (χ0n) is 16.6. The molecule has 4 aromatic rings. The molecule has 0 saturated heterocycles. The first kappa shape index (κ1) is 20.7. The number of nitrogens with two attached hydrogens (primary N) is 1. The van der Waals surface area contributed by atoms with E-state index in [2.05, 4.69) is 62.1 Å². The van der Waals surface area contributed by atoms with Crippen molar-refractivity contribution >= 4 is 52.3 Å². The number of benzene rings is 1. The van der Waals surface area contributed by atoms with Crippen LogP contribution in [0, 0.1) is 0 Å². The van der Waals surface area contributed by atoms with Crippen molar-refractivity contribution in [1.82, 2.24) is 9.97 Å². The molecule has 0 bridgehead atoms. The Labute approximate surface area is 187 Å². The Bertz CT molecular complexity index is 1240. The Morgan fingerprint density at radius 1 is 1.16 bits per heavy atom. The van der Waals surface area contributed by atoms with Crippen LogP contribution in [0.4, 0.5) is 17.5 Å². The molecule has 4 heterocycles. The van der Waals surface area contributed by atoms with Crippen LogP contribution in [0.5, 0.6) is 0 Å². The normalized spacial score (nSPS) is 11.5. The number of rotatable bonds is 4. The fourth-order valence-electron chi connectivity index (χ4n) is 3.14. The van der Waals surface area contributed by atoms with Gasteiger partial charge in [0.25, 0.3) is 5.97 Å². The average Bonchev–Trinajstić information content (AvgIpc) is 3.47. The van der Waals surface area contributed by atoms with Gasteiger partial charge in [-0.1, -0.05) is 6.07 Å². The standard InChI is InChI=1S/C20H15N5S2.C2H4O2/c21-20-23-6-5-19(25-20)24-13-8-12-10-22-11-15(12)14(9-13)16-3-4-18(27-16)17-2-1-7-26-17;1-2(3)4/h1-10H,11H2,(H3,21,23,24,25);1H3,(H,3,4). The minimum absolute atomic E-state index is 0.252. The molecule has 7 nitrogen and oxygen atoms in total. The van der Waals surface area contributed by atoms with Crippen LogP contribution in [-0.4, -0.2) is 27.3 Å². The Kier molecular flexibility index (Phi) is 6.06. The fraction of sp³-hybridized carbons (Fsp3) is 0.0909. The van der Waals surface area contributed by atoms with Crippen molar-refractivity contribution in [2.24, 2.45) is 4.99 Å². The van der Waals surface area contributed by atoms with Gasteiger partial charge in [0.2, 0.25) is 5.95 Å². The van der Waals surface area contributed by atoms with E-state index in [9.17, 15) is 0 Å². The Hall–Kier alpha value is -3.56. The second-order valence-electron chi connectivity index (χ2n) is 6.65. The van der Waals surface area contributed by atoms with Crippen molar-refractivity contribution in [2.45, 2.75) is 13.5 Å². The third kappa shape index (κ3) is 4.96. The highest BCUT2D eigenvalue weighted by Gasteiger charge is 2.17. The molecule has 0 fully saturated rings. The predicted octanol–water partition coefficient (Wildman–Crippen LogP) is 5.28. The van der Waals surface area contributed by atoms with Gasteiger partial charge < -0.3 is 16.2 Å². The second-order valence-corrected chi connectivity index (χ2v) is 8.68. The highest BCUT2D eigenvalue weighted by atomic mass is 32.1. The zero-order valence-corrected chi connectivity index (χ0v) is 18.2. The van der Waals surface area contributed by atoms with E-state index in [1.54, 1.807) is 23.6 Å². The molecule has 5 rings (SSSR count). The van der Waals surface area contributed by atoms with E-state index in [1.165, 1.54) is 25.8 Å². The van der Waals surface area contributed by atoms with E-state index in [4.69, 9.17) is 15.6 Å². The summed E-state index contributed by atoms with van der Waals surface area (Å²) in [5.74, 6) is 0.0931. The molecular formula is C22H19N5O2S2. The van der Waals surface area contributed by atoms with Gasteiger partial charge in [-0.15, -0.1) is 22.7 Å². The van der Waals surface area contributed by atoms with Crippen molar-refractivity contribution in [1.29, 1.82) is 0 Å². The SMILES string of the molecule is CC(=O)O.Nc1nccc(Nc2cc3c(c(-c4ccc(-c5cccs5)s4)c2)CN=C3)n1. The smallest absolute Gasteiger partial charge is 0.300 e. The molecule has 9 heteroatoms. The molecule has 0 aliphatic carbocycles. The number of nitrogens with one attached hydrogen (secondary N) is 1. The molecule has 0 atom stereocenters. The van der Waals surface area contributed by atoms with E-state index in [0.29, 0.717) is 5.82 Å². The molecule has 3 aromatic heterocycles. The van der Waals surface area contributed by atoms with Crippen LogP contribution in [-0.2, 0) is 11.3 Å². The molecule has 1 aliphatic rings. The van der Waals surface area contributed by atoms with Gasteiger partial charge >= 0.3 is 0 Å². The summed E-state index contributed by atoms with van der Waals surface area (Å²) >= 11 is 3.57. The Morgan fingerprint density at radius 3 is 2.71 bits per heavy atom. The third-order valence-corrected chi connectivity index (χ3v) is 6.53. The van der Waals surface area contributed by atoms with Crippen molar-refractivity contribution in [3.05, 3.63) is 65.2 Å². The second kappa shape index (κ2) is 9.07. The molecule has 0 amide bonds. The van der Waals surface area contributed by atoms with E-state index in [-0.39, 0.29) is 5.95 Å². The van der Waals surface area contributed by atoms with E-state index in [0.717, 1.165) is 24.7 Å². The van der Waals surface area contributed by atoms with Crippen LogP contribution in [0.1, 0.15) is 18.1 Å².